The molecule has 5 nitrogen and oxygen atoms in total. The van der Waals surface area contributed by atoms with E-state index in [9.17, 15) is 14.4 Å². The fourth-order valence-electron chi connectivity index (χ4n) is 3.70. The Bertz CT molecular complexity index is 685. The smallest absolute Gasteiger partial charge is 0.240 e. The van der Waals surface area contributed by atoms with Crippen molar-refractivity contribution in [3.8, 4) is 0 Å². The molecule has 1 unspecified atom stereocenters. The van der Waals surface area contributed by atoms with Crippen molar-refractivity contribution in [3.05, 3.63) is 29.8 Å². The lowest BCUT2D eigenvalue weighted by atomic mass is 9.95. The molecule has 1 saturated carbocycles. The third-order valence-electron chi connectivity index (χ3n) is 5.15. The number of hydrogen-bond acceptors (Lipinski definition) is 4. The summed E-state index contributed by atoms with van der Waals surface area (Å²) < 4.78 is 0. The summed E-state index contributed by atoms with van der Waals surface area (Å²) in [4.78, 5) is 38.8. The van der Waals surface area contributed by atoms with Gasteiger partial charge >= 0.3 is 0 Å². The van der Waals surface area contributed by atoms with Crippen LogP contribution >= 0.6 is 11.8 Å². The largest absolute Gasteiger partial charge is 0.352 e. The lowest BCUT2D eigenvalue weighted by molar-refractivity contribution is -0.126. The zero-order valence-electron chi connectivity index (χ0n) is 15.2. The van der Waals surface area contributed by atoms with Gasteiger partial charge in [0, 0.05) is 23.9 Å². The van der Waals surface area contributed by atoms with Crippen LogP contribution in [0, 0.1) is 12.8 Å². The lowest BCUT2D eigenvalue weighted by Crippen LogP contribution is -2.46. The predicted molar refractivity (Wildman–Crippen MR) is 104 cm³/mol. The monoisotopic (exact) mass is 374 g/mol. The van der Waals surface area contributed by atoms with Crippen molar-refractivity contribution in [1.82, 2.24) is 5.32 Å². The van der Waals surface area contributed by atoms with Crippen LogP contribution in [0.25, 0.3) is 0 Å². The first-order valence-electron chi connectivity index (χ1n) is 9.36. The van der Waals surface area contributed by atoms with Crippen LogP contribution in [0.15, 0.2) is 24.3 Å². The number of thioether (sulfide) groups is 1. The summed E-state index contributed by atoms with van der Waals surface area (Å²) >= 11 is 1.21. The Morgan fingerprint density at radius 3 is 2.58 bits per heavy atom. The van der Waals surface area contributed by atoms with Gasteiger partial charge in [-0.2, -0.15) is 0 Å². The Morgan fingerprint density at radius 2 is 1.92 bits per heavy atom. The van der Waals surface area contributed by atoms with E-state index in [2.05, 4.69) is 5.32 Å². The highest BCUT2D eigenvalue weighted by Gasteiger charge is 2.34. The van der Waals surface area contributed by atoms with Crippen molar-refractivity contribution in [2.75, 3.05) is 17.2 Å². The Labute approximate surface area is 158 Å². The molecule has 1 saturated heterocycles. The number of amides is 2. The van der Waals surface area contributed by atoms with Crippen molar-refractivity contribution >= 4 is 34.4 Å². The van der Waals surface area contributed by atoms with Gasteiger partial charge in [-0.1, -0.05) is 49.2 Å². The number of hydrogen-bond donors (Lipinski definition) is 1. The summed E-state index contributed by atoms with van der Waals surface area (Å²) in [6.45, 7) is 1.94. The Kier molecular flexibility index (Phi) is 6.35. The normalized spacial score (nSPS) is 20.8. The van der Waals surface area contributed by atoms with Gasteiger partial charge in [0.25, 0.3) is 0 Å². The van der Waals surface area contributed by atoms with E-state index >= 15 is 0 Å². The molecule has 1 heterocycles. The van der Waals surface area contributed by atoms with Crippen LogP contribution in [0.3, 0.4) is 0 Å². The molecular weight excluding hydrogens is 348 g/mol. The minimum Gasteiger partial charge on any atom is -0.352 e. The van der Waals surface area contributed by atoms with Gasteiger partial charge in [-0.3, -0.25) is 14.4 Å². The maximum atomic E-state index is 13.1. The van der Waals surface area contributed by atoms with Crippen LogP contribution in [-0.4, -0.2) is 35.3 Å². The topological polar surface area (TPSA) is 66.5 Å². The average Bonchev–Trinajstić information content (AvgIpc) is 3.07. The molecule has 0 bridgehead atoms. The fourth-order valence-corrected chi connectivity index (χ4v) is 4.67. The van der Waals surface area contributed by atoms with Gasteiger partial charge in [0.1, 0.15) is 6.54 Å². The summed E-state index contributed by atoms with van der Waals surface area (Å²) in [6.07, 6.45) is 5.80. The average molecular weight is 375 g/mol. The number of carbonyl (C=O) groups is 3. The molecule has 26 heavy (non-hydrogen) atoms. The molecule has 3 rings (SSSR count). The van der Waals surface area contributed by atoms with Crippen molar-refractivity contribution in [3.63, 3.8) is 0 Å². The fraction of sp³-hybridized carbons (Fsp3) is 0.550. The molecule has 1 atom stereocenters. The minimum absolute atomic E-state index is 0.00947. The number of aryl methyl sites for hydroxylation is 1. The number of anilines is 1. The van der Waals surface area contributed by atoms with E-state index in [-0.39, 0.29) is 41.9 Å². The van der Waals surface area contributed by atoms with E-state index in [1.807, 2.05) is 31.2 Å². The second kappa shape index (κ2) is 8.71. The van der Waals surface area contributed by atoms with E-state index in [0.29, 0.717) is 5.75 Å². The molecule has 140 valence electrons. The number of nitrogens with zero attached hydrogens (tertiary/aromatic N) is 1. The SMILES string of the molecule is Cc1ccccc1N(CC(=O)NC1CCCCC1)C(=O)C1CSC(=O)C1. The molecule has 0 spiro atoms. The van der Waals surface area contributed by atoms with Gasteiger partial charge in [-0.05, 0) is 31.4 Å². The zero-order chi connectivity index (χ0) is 18.5. The molecule has 6 heteroatoms. The van der Waals surface area contributed by atoms with E-state index in [0.717, 1.165) is 36.9 Å². The Morgan fingerprint density at radius 1 is 1.19 bits per heavy atom. The first-order valence-corrected chi connectivity index (χ1v) is 10.3. The highest BCUT2D eigenvalue weighted by molar-refractivity contribution is 8.14. The highest BCUT2D eigenvalue weighted by atomic mass is 32.2. The number of carbonyl (C=O) groups excluding carboxylic acids is 3. The van der Waals surface area contributed by atoms with Crippen molar-refractivity contribution < 1.29 is 14.4 Å². The van der Waals surface area contributed by atoms with Gasteiger partial charge < -0.3 is 10.2 Å². The summed E-state index contributed by atoms with van der Waals surface area (Å²) in [5, 5.41) is 3.14. The van der Waals surface area contributed by atoms with Gasteiger partial charge in [-0.15, -0.1) is 0 Å². The van der Waals surface area contributed by atoms with E-state index < -0.39 is 0 Å². The predicted octanol–water partition coefficient (Wildman–Crippen LogP) is 3.06. The molecule has 2 aliphatic rings. The summed E-state index contributed by atoms with van der Waals surface area (Å²) in [5.74, 6) is -0.0823. The highest BCUT2D eigenvalue weighted by Crippen LogP contribution is 2.30. The molecule has 1 aromatic rings. The number of para-hydroxylation sites is 1. The van der Waals surface area contributed by atoms with E-state index in [1.54, 1.807) is 4.90 Å². The molecule has 2 amide bonds. The third kappa shape index (κ3) is 4.67. The van der Waals surface area contributed by atoms with Crippen molar-refractivity contribution in [2.45, 2.75) is 51.5 Å². The van der Waals surface area contributed by atoms with Crippen molar-refractivity contribution in [2.24, 2.45) is 5.92 Å². The molecule has 1 aliphatic heterocycles. The van der Waals surface area contributed by atoms with Crippen LogP contribution in [0.2, 0.25) is 0 Å². The van der Waals surface area contributed by atoms with Crippen LogP contribution in [0.5, 0.6) is 0 Å². The second-order valence-corrected chi connectivity index (χ2v) is 8.27. The molecular formula is C20H26N2O3S. The lowest BCUT2D eigenvalue weighted by Gasteiger charge is -2.28. The first kappa shape index (κ1) is 19.0. The van der Waals surface area contributed by atoms with E-state index in [4.69, 9.17) is 0 Å². The summed E-state index contributed by atoms with van der Waals surface area (Å²) in [6, 6.07) is 7.80. The van der Waals surface area contributed by atoms with Gasteiger partial charge in [-0.25, -0.2) is 0 Å². The minimum atomic E-state index is -0.338. The standard InChI is InChI=1S/C20H26N2O3S/c1-14-7-5-6-10-17(14)22(20(25)15-11-19(24)26-13-15)12-18(23)21-16-8-3-2-4-9-16/h5-7,10,15-16H,2-4,8-9,11-13H2,1H3,(H,21,23). The van der Waals surface area contributed by atoms with Gasteiger partial charge in [0.2, 0.25) is 11.8 Å². The van der Waals surface area contributed by atoms with E-state index in [1.165, 1.54) is 18.2 Å². The van der Waals surface area contributed by atoms with Gasteiger partial charge in [0.05, 0.1) is 5.92 Å². The molecule has 0 radical (unpaired) electrons. The summed E-state index contributed by atoms with van der Waals surface area (Å²) in [5.41, 5.74) is 1.70. The third-order valence-corrected chi connectivity index (χ3v) is 6.21. The Balaban J connectivity index is 1.74. The molecule has 1 N–H and O–H groups in total. The molecule has 0 aromatic heterocycles. The van der Waals surface area contributed by atoms with Crippen LogP contribution in [0.4, 0.5) is 5.69 Å². The number of nitrogens with one attached hydrogen (secondary N) is 1. The quantitative estimate of drug-likeness (QED) is 0.860. The molecule has 2 fully saturated rings. The first-order chi connectivity index (χ1) is 12.5. The zero-order valence-corrected chi connectivity index (χ0v) is 16.0. The van der Waals surface area contributed by atoms with Crippen LogP contribution < -0.4 is 10.2 Å². The van der Waals surface area contributed by atoms with Crippen LogP contribution in [-0.2, 0) is 14.4 Å². The molecule has 1 aromatic carbocycles. The Hall–Kier alpha value is -1.82. The number of rotatable bonds is 5. The summed E-state index contributed by atoms with van der Waals surface area (Å²) in [7, 11) is 0. The van der Waals surface area contributed by atoms with Gasteiger partial charge in [0.15, 0.2) is 5.12 Å². The maximum Gasteiger partial charge on any atom is 0.240 e. The second-order valence-electron chi connectivity index (χ2n) is 7.20. The maximum absolute atomic E-state index is 13.1. The number of benzene rings is 1. The van der Waals surface area contributed by atoms with Crippen LogP contribution in [0.1, 0.15) is 44.1 Å². The molecule has 1 aliphatic carbocycles. The van der Waals surface area contributed by atoms with Crippen molar-refractivity contribution in [1.29, 1.82) is 0 Å².